The fraction of sp³-hybridized carbons (Fsp3) is 0.250. The summed E-state index contributed by atoms with van der Waals surface area (Å²) in [5.74, 6) is 1.74. The Morgan fingerprint density at radius 2 is 2.00 bits per heavy atom. The minimum absolute atomic E-state index is 0.00568. The van der Waals surface area contributed by atoms with Crippen molar-refractivity contribution < 1.29 is 14.5 Å². The lowest BCUT2D eigenvalue weighted by atomic mass is 10.2. The SMILES string of the molecule is COc1cccc(CSc2nnc(C(C)NC(C)=O)n2-c2ccc([N+](=O)[O-])cc2)c1. The molecule has 0 radical (unpaired) electrons. The maximum Gasteiger partial charge on any atom is 0.269 e. The molecule has 3 rings (SSSR count). The number of nitrogens with zero attached hydrogens (tertiary/aromatic N) is 4. The standard InChI is InChI=1S/C20H21N5O4S/c1-13(21-14(2)26)19-22-23-20(30-12-15-5-4-6-18(11-15)29-3)24(19)16-7-9-17(10-8-16)25(27)28/h4-11,13H,12H2,1-3H3,(H,21,26). The van der Waals surface area contributed by atoms with E-state index in [2.05, 4.69) is 15.5 Å². The van der Waals surface area contributed by atoms with Gasteiger partial charge in [-0.15, -0.1) is 10.2 Å². The molecule has 1 amide bonds. The van der Waals surface area contributed by atoms with Crippen LogP contribution in [-0.2, 0) is 10.5 Å². The molecule has 10 heteroatoms. The molecule has 0 bridgehead atoms. The van der Waals surface area contributed by atoms with Crippen molar-refractivity contribution in [1.82, 2.24) is 20.1 Å². The summed E-state index contributed by atoms with van der Waals surface area (Å²) in [4.78, 5) is 22.0. The Kier molecular flexibility index (Phi) is 6.68. The molecule has 9 nitrogen and oxygen atoms in total. The van der Waals surface area contributed by atoms with Gasteiger partial charge in [0.05, 0.1) is 18.1 Å². The Bertz CT molecular complexity index is 1050. The van der Waals surface area contributed by atoms with Gasteiger partial charge in [0.15, 0.2) is 11.0 Å². The van der Waals surface area contributed by atoms with Gasteiger partial charge in [0.25, 0.3) is 5.69 Å². The van der Waals surface area contributed by atoms with Crippen molar-refractivity contribution in [2.45, 2.75) is 30.8 Å². The third-order valence-electron chi connectivity index (χ3n) is 4.29. The van der Waals surface area contributed by atoms with Gasteiger partial charge in [0.2, 0.25) is 5.91 Å². The number of amides is 1. The van der Waals surface area contributed by atoms with Crippen LogP contribution in [0.2, 0.25) is 0 Å². The molecule has 1 aromatic heterocycles. The molecule has 0 aliphatic carbocycles. The van der Waals surface area contributed by atoms with Crippen molar-refractivity contribution in [1.29, 1.82) is 0 Å². The molecule has 1 atom stereocenters. The van der Waals surface area contributed by atoms with E-state index in [1.165, 1.54) is 30.8 Å². The zero-order valence-electron chi connectivity index (χ0n) is 16.7. The van der Waals surface area contributed by atoms with Crippen LogP contribution < -0.4 is 10.1 Å². The number of nitro groups is 1. The Hall–Kier alpha value is -3.40. The number of rotatable bonds is 8. The van der Waals surface area contributed by atoms with Crippen molar-refractivity contribution in [3.63, 3.8) is 0 Å². The number of hydrogen-bond acceptors (Lipinski definition) is 7. The summed E-state index contributed by atoms with van der Waals surface area (Å²) in [6, 6.07) is 13.5. The number of benzene rings is 2. The predicted molar refractivity (Wildman–Crippen MR) is 113 cm³/mol. The highest BCUT2D eigenvalue weighted by Crippen LogP contribution is 2.29. The summed E-state index contributed by atoms with van der Waals surface area (Å²) >= 11 is 1.47. The number of thioether (sulfide) groups is 1. The van der Waals surface area contributed by atoms with Crippen LogP contribution in [-0.4, -0.2) is 32.7 Å². The van der Waals surface area contributed by atoms with E-state index >= 15 is 0 Å². The fourth-order valence-electron chi connectivity index (χ4n) is 2.90. The van der Waals surface area contributed by atoms with Gasteiger partial charge in [-0.2, -0.15) is 0 Å². The van der Waals surface area contributed by atoms with E-state index in [4.69, 9.17) is 4.74 Å². The van der Waals surface area contributed by atoms with Crippen LogP contribution in [0, 0.1) is 10.1 Å². The minimum atomic E-state index is -0.449. The number of nitrogens with one attached hydrogen (secondary N) is 1. The van der Waals surface area contributed by atoms with Crippen LogP contribution in [0.4, 0.5) is 5.69 Å². The first-order valence-electron chi connectivity index (χ1n) is 9.12. The lowest BCUT2D eigenvalue weighted by molar-refractivity contribution is -0.384. The summed E-state index contributed by atoms with van der Waals surface area (Å²) in [6.45, 7) is 3.24. The highest BCUT2D eigenvalue weighted by Gasteiger charge is 2.21. The zero-order valence-corrected chi connectivity index (χ0v) is 17.5. The van der Waals surface area contributed by atoms with Crippen molar-refractivity contribution in [3.8, 4) is 11.4 Å². The lowest BCUT2D eigenvalue weighted by Gasteiger charge is -2.15. The molecule has 1 heterocycles. The number of non-ortho nitro benzene ring substituents is 1. The fourth-order valence-corrected chi connectivity index (χ4v) is 3.80. The van der Waals surface area contributed by atoms with E-state index in [9.17, 15) is 14.9 Å². The minimum Gasteiger partial charge on any atom is -0.497 e. The largest absolute Gasteiger partial charge is 0.497 e. The smallest absolute Gasteiger partial charge is 0.269 e. The average molecular weight is 427 g/mol. The number of methoxy groups -OCH3 is 1. The van der Waals surface area contributed by atoms with Gasteiger partial charge in [-0.1, -0.05) is 23.9 Å². The van der Waals surface area contributed by atoms with Crippen LogP contribution in [0.15, 0.2) is 53.7 Å². The molecular formula is C20H21N5O4S. The molecule has 3 aromatic rings. The molecule has 0 saturated carbocycles. The van der Waals surface area contributed by atoms with Gasteiger partial charge in [-0.05, 0) is 36.8 Å². The van der Waals surface area contributed by atoms with Gasteiger partial charge in [0, 0.05) is 30.5 Å². The topological polar surface area (TPSA) is 112 Å². The van der Waals surface area contributed by atoms with Gasteiger partial charge in [0.1, 0.15) is 5.75 Å². The van der Waals surface area contributed by atoms with Crippen LogP contribution in [0.25, 0.3) is 5.69 Å². The summed E-state index contributed by atoms with van der Waals surface area (Å²) < 4.78 is 7.07. The molecular weight excluding hydrogens is 406 g/mol. The average Bonchev–Trinajstić information content (AvgIpc) is 3.16. The number of hydrogen-bond donors (Lipinski definition) is 1. The number of nitro benzene ring substituents is 1. The number of ether oxygens (including phenoxy) is 1. The second-order valence-electron chi connectivity index (χ2n) is 6.51. The molecule has 2 aromatic carbocycles. The molecule has 1 N–H and O–H groups in total. The van der Waals surface area contributed by atoms with Gasteiger partial charge >= 0.3 is 0 Å². The number of carbonyl (C=O) groups is 1. The van der Waals surface area contributed by atoms with E-state index in [1.54, 1.807) is 23.8 Å². The highest BCUT2D eigenvalue weighted by molar-refractivity contribution is 7.98. The van der Waals surface area contributed by atoms with E-state index in [-0.39, 0.29) is 11.6 Å². The van der Waals surface area contributed by atoms with Crippen LogP contribution in [0.3, 0.4) is 0 Å². The Morgan fingerprint density at radius 3 is 2.63 bits per heavy atom. The van der Waals surface area contributed by atoms with Crippen molar-refractivity contribution in [3.05, 3.63) is 70.0 Å². The van der Waals surface area contributed by atoms with Crippen molar-refractivity contribution >= 4 is 23.4 Å². The van der Waals surface area contributed by atoms with Gasteiger partial charge in [-0.25, -0.2) is 0 Å². The van der Waals surface area contributed by atoms with E-state index in [1.807, 2.05) is 31.2 Å². The Morgan fingerprint density at radius 1 is 1.27 bits per heavy atom. The second-order valence-corrected chi connectivity index (χ2v) is 7.45. The lowest BCUT2D eigenvalue weighted by Crippen LogP contribution is -2.26. The third kappa shape index (κ3) is 4.95. The molecule has 0 saturated heterocycles. The highest BCUT2D eigenvalue weighted by atomic mass is 32.2. The maximum atomic E-state index is 11.5. The first-order chi connectivity index (χ1) is 14.4. The normalized spacial score (nSPS) is 11.7. The summed E-state index contributed by atoms with van der Waals surface area (Å²) in [5, 5.41) is 23.0. The molecule has 0 spiro atoms. The summed E-state index contributed by atoms with van der Waals surface area (Å²) in [7, 11) is 1.62. The van der Waals surface area contributed by atoms with Gasteiger partial charge in [-0.3, -0.25) is 19.5 Å². The monoisotopic (exact) mass is 427 g/mol. The molecule has 0 aliphatic rings. The maximum absolute atomic E-state index is 11.5. The molecule has 0 aliphatic heterocycles. The first kappa shape index (κ1) is 21.3. The number of aromatic nitrogens is 3. The molecule has 30 heavy (non-hydrogen) atoms. The van der Waals surface area contributed by atoms with Crippen molar-refractivity contribution in [2.24, 2.45) is 0 Å². The quantitative estimate of drug-likeness (QED) is 0.331. The van der Waals surface area contributed by atoms with E-state index in [0.717, 1.165) is 11.3 Å². The Balaban J connectivity index is 1.94. The predicted octanol–water partition coefficient (Wildman–Crippen LogP) is 3.67. The second kappa shape index (κ2) is 9.40. The number of carbonyl (C=O) groups excluding carboxylic acids is 1. The third-order valence-corrected chi connectivity index (χ3v) is 5.29. The summed E-state index contributed by atoms with van der Waals surface area (Å²) in [6.07, 6.45) is 0. The van der Waals surface area contributed by atoms with Crippen molar-refractivity contribution in [2.75, 3.05) is 7.11 Å². The first-order valence-corrected chi connectivity index (χ1v) is 10.1. The zero-order chi connectivity index (χ0) is 21.7. The molecule has 156 valence electrons. The van der Waals surface area contributed by atoms with Crippen LogP contribution in [0.5, 0.6) is 5.75 Å². The Labute approximate surface area is 177 Å². The van der Waals surface area contributed by atoms with Crippen LogP contribution in [0.1, 0.15) is 31.3 Å². The van der Waals surface area contributed by atoms with Crippen LogP contribution >= 0.6 is 11.8 Å². The van der Waals surface area contributed by atoms with Gasteiger partial charge < -0.3 is 10.1 Å². The summed E-state index contributed by atoms with van der Waals surface area (Å²) in [5.41, 5.74) is 1.72. The van der Waals surface area contributed by atoms with E-state index in [0.29, 0.717) is 22.4 Å². The molecule has 1 unspecified atom stereocenters. The van der Waals surface area contributed by atoms with E-state index < -0.39 is 11.0 Å². The molecule has 0 fully saturated rings.